The van der Waals surface area contributed by atoms with Crippen molar-refractivity contribution in [1.82, 2.24) is 15.2 Å². The van der Waals surface area contributed by atoms with E-state index < -0.39 is 0 Å². The van der Waals surface area contributed by atoms with Gasteiger partial charge in [0, 0.05) is 24.5 Å². The maximum Gasteiger partial charge on any atom is 0.107 e. The molecule has 1 aliphatic rings. The van der Waals surface area contributed by atoms with Gasteiger partial charge in [-0.3, -0.25) is 0 Å². The monoisotopic (exact) mass is 255 g/mol. The van der Waals surface area contributed by atoms with E-state index in [-0.39, 0.29) is 6.10 Å². The average Bonchev–Trinajstić information content (AvgIpc) is 2.76. The number of hydrogen-bond acceptors (Lipinski definition) is 5. The molecule has 0 spiro atoms. The molecule has 17 heavy (non-hydrogen) atoms. The molecule has 1 aromatic rings. The Hall–Kier alpha value is -0.490. The fourth-order valence-corrected chi connectivity index (χ4v) is 3.28. The molecule has 1 heterocycles. The zero-order valence-corrected chi connectivity index (χ0v) is 11.4. The minimum atomic E-state index is -0.309. The molecule has 4 nitrogen and oxygen atoms in total. The number of thiazole rings is 1. The minimum Gasteiger partial charge on any atom is -0.390 e. The summed E-state index contributed by atoms with van der Waals surface area (Å²) in [7, 11) is 3.93. The zero-order valence-electron chi connectivity index (χ0n) is 10.6. The molecule has 1 unspecified atom stereocenters. The van der Waals surface area contributed by atoms with Crippen LogP contribution in [0, 0.1) is 0 Å². The first-order valence-electron chi connectivity index (χ1n) is 6.16. The Labute approximate surface area is 107 Å². The topological polar surface area (TPSA) is 48.4 Å². The van der Waals surface area contributed by atoms with Crippen LogP contribution in [0.25, 0.3) is 0 Å². The molecular weight excluding hydrogens is 234 g/mol. The van der Waals surface area contributed by atoms with E-state index in [9.17, 15) is 5.11 Å². The Bertz CT molecular complexity index is 343. The first kappa shape index (κ1) is 13.0. The van der Waals surface area contributed by atoms with Crippen LogP contribution in [0.4, 0.5) is 0 Å². The first-order valence-corrected chi connectivity index (χ1v) is 6.98. The molecule has 96 valence electrons. The van der Waals surface area contributed by atoms with Gasteiger partial charge in [-0.05, 0) is 33.4 Å². The molecule has 1 aromatic heterocycles. The highest BCUT2D eigenvalue weighted by atomic mass is 32.1. The lowest BCUT2D eigenvalue weighted by Gasteiger charge is -2.15. The predicted molar refractivity (Wildman–Crippen MR) is 70.4 cm³/mol. The standard InChI is InChI=1S/C12H21N3OS/c1-15(2)8-9(16)6-13-7-12-14-10-4-3-5-11(10)17-12/h9,13,16H,3-8H2,1-2H3. The molecule has 2 rings (SSSR count). The van der Waals surface area contributed by atoms with Gasteiger partial charge in [0.15, 0.2) is 0 Å². The van der Waals surface area contributed by atoms with Crippen LogP contribution < -0.4 is 5.32 Å². The van der Waals surface area contributed by atoms with Crippen molar-refractivity contribution < 1.29 is 5.11 Å². The van der Waals surface area contributed by atoms with Gasteiger partial charge in [-0.1, -0.05) is 0 Å². The number of aliphatic hydroxyl groups is 1. The third-order valence-corrected chi connectivity index (χ3v) is 4.03. The van der Waals surface area contributed by atoms with Gasteiger partial charge in [-0.2, -0.15) is 0 Å². The highest BCUT2D eigenvalue weighted by Crippen LogP contribution is 2.27. The van der Waals surface area contributed by atoms with Crippen molar-refractivity contribution in [1.29, 1.82) is 0 Å². The molecule has 0 saturated heterocycles. The van der Waals surface area contributed by atoms with Crippen LogP contribution >= 0.6 is 11.3 Å². The summed E-state index contributed by atoms with van der Waals surface area (Å²) in [5.41, 5.74) is 1.31. The Balaban J connectivity index is 1.71. The quantitative estimate of drug-likeness (QED) is 0.783. The largest absolute Gasteiger partial charge is 0.390 e. The lowest BCUT2D eigenvalue weighted by molar-refractivity contribution is 0.134. The molecular formula is C12H21N3OS. The average molecular weight is 255 g/mol. The summed E-state index contributed by atoms with van der Waals surface area (Å²) in [4.78, 5) is 8.07. The van der Waals surface area contributed by atoms with Gasteiger partial charge >= 0.3 is 0 Å². The number of aryl methyl sites for hydroxylation is 2. The van der Waals surface area contributed by atoms with Gasteiger partial charge in [-0.25, -0.2) is 4.98 Å². The van der Waals surface area contributed by atoms with E-state index in [0.29, 0.717) is 13.1 Å². The van der Waals surface area contributed by atoms with Crippen molar-refractivity contribution in [3.8, 4) is 0 Å². The minimum absolute atomic E-state index is 0.309. The van der Waals surface area contributed by atoms with Crippen LogP contribution in [0.3, 0.4) is 0 Å². The molecule has 0 aliphatic heterocycles. The number of aliphatic hydroxyl groups excluding tert-OH is 1. The molecule has 0 saturated carbocycles. The summed E-state index contributed by atoms with van der Waals surface area (Å²) in [6.07, 6.45) is 3.31. The fraction of sp³-hybridized carbons (Fsp3) is 0.750. The number of aromatic nitrogens is 1. The van der Waals surface area contributed by atoms with E-state index in [0.717, 1.165) is 18.0 Å². The predicted octanol–water partition coefficient (Wildman–Crippen LogP) is 0.644. The highest BCUT2D eigenvalue weighted by Gasteiger charge is 2.16. The molecule has 2 N–H and O–H groups in total. The van der Waals surface area contributed by atoms with E-state index in [2.05, 4.69) is 10.3 Å². The molecule has 0 amide bonds. The number of likely N-dealkylation sites (N-methyl/N-ethyl adjacent to an activating group) is 1. The smallest absolute Gasteiger partial charge is 0.107 e. The molecule has 1 atom stereocenters. The van der Waals surface area contributed by atoms with Gasteiger partial charge in [-0.15, -0.1) is 11.3 Å². The third-order valence-electron chi connectivity index (χ3n) is 2.87. The second-order valence-electron chi connectivity index (χ2n) is 4.88. The first-order chi connectivity index (χ1) is 8.15. The second kappa shape index (κ2) is 5.91. The normalized spacial score (nSPS) is 16.5. The van der Waals surface area contributed by atoms with Crippen molar-refractivity contribution in [2.45, 2.75) is 31.9 Å². The number of nitrogens with zero attached hydrogens (tertiary/aromatic N) is 2. The van der Waals surface area contributed by atoms with Crippen molar-refractivity contribution in [2.75, 3.05) is 27.2 Å². The van der Waals surface area contributed by atoms with Crippen LogP contribution in [0.2, 0.25) is 0 Å². The van der Waals surface area contributed by atoms with Gasteiger partial charge < -0.3 is 15.3 Å². The SMILES string of the molecule is CN(C)CC(O)CNCc1nc2c(s1)CCC2. The summed E-state index contributed by atoms with van der Waals surface area (Å²) >= 11 is 1.82. The van der Waals surface area contributed by atoms with E-state index in [1.54, 1.807) is 0 Å². The molecule has 5 heteroatoms. The number of hydrogen-bond donors (Lipinski definition) is 2. The number of fused-ring (bicyclic) bond motifs is 1. The van der Waals surface area contributed by atoms with Crippen molar-refractivity contribution >= 4 is 11.3 Å². The van der Waals surface area contributed by atoms with Gasteiger partial charge in [0.25, 0.3) is 0 Å². The molecule has 0 bridgehead atoms. The van der Waals surface area contributed by atoms with E-state index >= 15 is 0 Å². The van der Waals surface area contributed by atoms with Gasteiger partial charge in [0.05, 0.1) is 11.8 Å². The Morgan fingerprint density at radius 1 is 1.47 bits per heavy atom. The fourth-order valence-electron chi connectivity index (χ4n) is 2.15. The zero-order chi connectivity index (χ0) is 12.3. The van der Waals surface area contributed by atoms with Crippen molar-refractivity contribution in [3.63, 3.8) is 0 Å². The Morgan fingerprint density at radius 3 is 3.00 bits per heavy atom. The summed E-state index contributed by atoms with van der Waals surface area (Å²) in [5, 5.41) is 14.1. The van der Waals surface area contributed by atoms with Crippen LogP contribution in [0.1, 0.15) is 22.0 Å². The lowest BCUT2D eigenvalue weighted by atomic mass is 10.3. The van der Waals surface area contributed by atoms with Gasteiger partial charge in [0.1, 0.15) is 5.01 Å². The van der Waals surface area contributed by atoms with Crippen LogP contribution in [0.15, 0.2) is 0 Å². The van der Waals surface area contributed by atoms with E-state index in [4.69, 9.17) is 0 Å². The maximum absolute atomic E-state index is 9.69. The van der Waals surface area contributed by atoms with E-state index in [1.165, 1.54) is 23.4 Å². The molecule has 1 aliphatic carbocycles. The summed E-state index contributed by atoms with van der Waals surface area (Å²) < 4.78 is 0. The van der Waals surface area contributed by atoms with Crippen molar-refractivity contribution in [2.24, 2.45) is 0 Å². The summed E-state index contributed by atoms with van der Waals surface area (Å²) in [6.45, 7) is 2.10. The van der Waals surface area contributed by atoms with Crippen LogP contribution in [-0.2, 0) is 19.4 Å². The number of nitrogens with one attached hydrogen (secondary N) is 1. The third kappa shape index (κ3) is 3.74. The molecule has 0 radical (unpaired) electrons. The molecule has 0 fully saturated rings. The second-order valence-corrected chi connectivity index (χ2v) is 6.05. The highest BCUT2D eigenvalue weighted by molar-refractivity contribution is 7.11. The van der Waals surface area contributed by atoms with E-state index in [1.807, 2.05) is 30.3 Å². The Kier molecular flexibility index (Phi) is 4.50. The van der Waals surface area contributed by atoms with Crippen LogP contribution in [-0.4, -0.2) is 48.3 Å². The van der Waals surface area contributed by atoms with Crippen LogP contribution in [0.5, 0.6) is 0 Å². The lowest BCUT2D eigenvalue weighted by Crippen LogP contribution is -2.34. The van der Waals surface area contributed by atoms with Gasteiger partial charge in [0.2, 0.25) is 0 Å². The Morgan fingerprint density at radius 2 is 2.29 bits per heavy atom. The number of rotatable bonds is 6. The van der Waals surface area contributed by atoms with Crippen molar-refractivity contribution in [3.05, 3.63) is 15.6 Å². The summed E-state index contributed by atoms with van der Waals surface area (Å²) in [6, 6.07) is 0. The maximum atomic E-state index is 9.69. The summed E-state index contributed by atoms with van der Waals surface area (Å²) in [5.74, 6) is 0. The molecule has 0 aromatic carbocycles.